The number of carbonyl (C=O) groups is 2. The third kappa shape index (κ3) is 4.70. The fourth-order valence-corrected chi connectivity index (χ4v) is 4.36. The molecule has 2 aliphatic heterocycles. The summed E-state index contributed by atoms with van der Waals surface area (Å²) in [4.78, 5) is 31.2. The van der Waals surface area contributed by atoms with E-state index in [-0.39, 0.29) is 18.1 Å². The number of piperidine rings is 1. The van der Waals surface area contributed by atoms with Gasteiger partial charge in [0.25, 0.3) is 0 Å². The summed E-state index contributed by atoms with van der Waals surface area (Å²) < 4.78 is 0. The molecule has 7 heteroatoms. The molecular weight excluding hydrogens is 400 g/mol. The van der Waals surface area contributed by atoms with Crippen molar-refractivity contribution in [1.29, 1.82) is 0 Å². The Bertz CT molecular complexity index is 910. The zero-order valence-corrected chi connectivity index (χ0v) is 17.9. The minimum absolute atomic E-state index is 0.107. The first kappa shape index (κ1) is 20.5. The van der Waals surface area contributed by atoms with Crippen molar-refractivity contribution in [2.75, 3.05) is 31.5 Å². The van der Waals surface area contributed by atoms with Gasteiger partial charge in [0.15, 0.2) is 0 Å². The maximum atomic E-state index is 12.9. The molecule has 2 aromatic rings. The van der Waals surface area contributed by atoms with E-state index in [2.05, 4.69) is 30.4 Å². The summed E-state index contributed by atoms with van der Waals surface area (Å²) in [7, 11) is 0. The average Bonchev–Trinajstić information content (AvgIpc) is 3.10. The van der Waals surface area contributed by atoms with Gasteiger partial charge in [0, 0.05) is 49.5 Å². The average molecular weight is 427 g/mol. The normalized spacial score (nSPS) is 17.5. The predicted molar refractivity (Wildman–Crippen MR) is 119 cm³/mol. The number of rotatable bonds is 4. The molecule has 0 saturated carbocycles. The third-order valence-corrected chi connectivity index (χ3v) is 6.12. The highest BCUT2D eigenvalue weighted by atomic mass is 35.5. The molecule has 0 aromatic heterocycles. The zero-order chi connectivity index (χ0) is 21.1. The van der Waals surface area contributed by atoms with Crippen LogP contribution in [-0.2, 0) is 6.54 Å². The molecule has 2 aromatic carbocycles. The highest BCUT2D eigenvalue weighted by molar-refractivity contribution is 6.30. The van der Waals surface area contributed by atoms with E-state index >= 15 is 0 Å². The quantitative estimate of drug-likeness (QED) is 0.777. The smallest absolute Gasteiger partial charge is 0.321 e. The molecule has 0 unspecified atom stereocenters. The van der Waals surface area contributed by atoms with Crippen LogP contribution in [0.15, 0.2) is 48.5 Å². The van der Waals surface area contributed by atoms with E-state index in [1.807, 2.05) is 20.8 Å². The highest BCUT2D eigenvalue weighted by Crippen LogP contribution is 2.23. The molecule has 2 saturated heterocycles. The van der Waals surface area contributed by atoms with Gasteiger partial charge >= 0.3 is 12.1 Å². The fourth-order valence-electron chi connectivity index (χ4n) is 4.23. The van der Waals surface area contributed by atoms with Crippen LogP contribution in [0, 0.1) is 6.92 Å². The lowest BCUT2D eigenvalue weighted by Gasteiger charge is -2.36. The van der Waals surface area contributed by atoms with Crippen molar-refractivity contribution in [3.05, 3.63) is 64.7 Å². The molecular formula is C23H27ClN4O2. The molecule has 158 valence electrons. The van der Waals surface area contributed by atoms with E-state index in [9.17, 15) is 9.59 Å². The van der Waals surface area contributed by atoms with Gasteiger partial charge in [0.1, 0.15) is 0 Å². The second-order valence-corrected chi connectivity index (χ2v) is 8.48. The molecule has 4 amide bonds. The van der Waals surface area contributed by atoms with Crippen molar-refractivity contribution in [1.82, 2.24) is 14.7 Å². The maximum Gasteiger partial charge on any atom is 0.321 e. The maximum absolute atomic E-state index is 12.9. The summed E-state index contributed by atoms with van der Waals surface area (Å²) in [5.74, 6) is 0. The second-order valence-electron chi connectivity index (χ2n) is 8.04. The minimum Gasteiger partial charge on any atom is -0.324 e. The monoisotopic (exact) mass is 426 g/mol. The molecule has 2 fully saturated rings. The summed E-state index contributed by atoms with van der Waals surface area (Å²) in [6, 6.07) is 15.6. The van der Waals surface area contributed by atoms with Crippen molar-refractivity contribution in [2.24, 2.45) is 0 Å². The number of aryl methyl sites for hydroxylation is 1. The van der Waals surface area contributed by atoms with Crippen LogP contribution < -0.4 is 5.32 Å². The van der Waals surface area contributed by atoms with Crippen LogP contribution in [0.25, 0.3) is 0 Å². The van der Waals surface area contributed by atoms with Gasteiger partial charge in [-0.2, -0.15) is 0 Å². The zero-order valence-electron chi connectivity index (χ0n) is 17.2. The number of anilines is 1. The van der Waals surface area contributed by atoms with Gasteiger partial charge < -0.3 is 20.0 Å². The summed E-state index contributed by atoms with van der Waals surface area (Å²) in [5.41, 5.74) is 3.10. The van der Waals surface area contributed by atoms with Crippen LogP contribution >= 0.6 is 11.6 Å². The molecule has 0 bridgehead atoms. The van der Waals surface area contributed by atoms with Gasteiger partial charge in [-0.05, 0) is 49.6 Å². The number of nitrogens with zero attached hydrogens (tertiary/aromatic N) is 3. The summed E-state index contributed by atoms with van der Waals surface area (Å²) >= 11 is 5.89. The Morgan fingerprint density at radius 3 is 2.50 bits per heavy atom. The molecule has 4 rings (SSSR count). The number of hydrogen-bond donors (Lipinski definition) is 1. The standard InChI is InChI=1S/C23H27ClN4O2/c1-17-3-2-4-18(15-17)16-27-13-14-28(23(27)30)21-9-11-26(12-10-21)22(29)25-20-7-5-19(24)6-8-20/h2-8,15,21H,9-14,16H2,1H3,(H,25,29). The lowest BCUT2D eigenvalue weighted by Crippen LogP contribution is -2.49. The predicted octanol–water partition coefficient (Wildman–Crippen LogP) is 4.58. The number of hydrogen-bond acceptors (Lipinski definition) is 2. The summed E-state index contributed by atoms with van der Waals surface area (Å²) in [5, 5.41) is 3.55. The summed E-state index contributed by atoms with van der Waals surface area (Å²) in [6.45, 7) is 5.52. The Morgan fingerprint density at radius 1 is 1.07 bits per heavy atom. The number of likely N-dealkylation sites (tertiary alicyclic amines) is 1. The van der Waals surface area contributed by atoms with Gasteiger partial charge in [-0.1, -0.05) is 41.4 Å². The van der Waals surface area contributed by atoms with Crippen LogP contribution in [-0.4, -0.2) is 59.0 Å². The topological polar surface area (TPSA) is 55.9 Å². The largest absolute Gasteiger partial charge is 0.324 e. The van der Waals surface area contributed by atoms with Crippen LogP contribution in [0.4, 0.5) is 15.3 Å². The molecule has 2 heterocycles. The van der Waals surface area contributed by atoms with Gasteiger partial charge in [0.05, 0.1) is 0 Å². The van der Waals surface area contributed by atoms with Crippen molar-refractivity contribution >= 4 is 29.4 Å². The lowest BCUT2D eigenvalue weighted by molar-refractivity contribution is 0.139. The molecule has 6 nitrogen and oxygen atoms in total. The number of amides is 4. The van der Waals surface area contributed by atoms with Crippen LogP contribution in [0.2, 0.25) is 5.02 Å². The van der Waals surface area contributed by atoms with E-state index in [0.29, 0.717) is 24.7 Å². The van der Waals surface area contributed by atoms with Crippen LogP contribution in [0.3, 0.4) is 0 Å². The van der Waals surface area contributed by atoms with E-state index in [0.717, 1.165) is 31.6 Å². The molecule has 2 aliphatic rings. The first-order valence-electron chi connectivity index (χ1n) is 10.4. The number of urea groups is 2. The van der Waals surface area contributed by atoms with E-state index in [1.165, 1.54) is 11.1 Å². The van der Waals surface area contributed by atoms with Crippen molar-refractivity contribution in [3.8, 4) is 0 Å². The number of nitrogens with one attached hydrogen (secondary N) is 1. The highest BCUT2D eigenvalue weighted by Gasteiger charge is 2.35. The molecule has 0 aliphatic carbocycles. The van der Waals surface area contributed by atoms with Crippen molar-refractivity contribution in [2.45, 2.75) is 32.4 Å². The van der Waals surface area contributed by atoms with Gasteiger partial charge in [-0.25, -0.2) is 9.59 Å². The Hall–Kier alpha value is -2.73. The first-order chi connectivity index (χ1) is 14.5. The van der Waals surface area contributed by atoms with Crippen LogP contribution in [0.1, 0.15) is 24.0 Å². The summed E-state index contributed by atoms with van der Waals surface area (Å²) in [6.07, 6.45) is 1.61. The second kappa shape index (κ2) is 8.96. The van der Waals surface area contributed by atoms with Gasteiger partial charge in [0.2, 0.25) is 0 Å². The van der Waals surface area contributed by atoms with E-state index in [1.54, 1.807) is 24.3 Å². The number of halogens is 1. The van der Waals surface area contributed by atoms with Crippen molar-refractivity contribution in [3.63, 3.8) is 0 Å². The van der Waals surface area contributed by atoms with Gasteiger partial charge in [-0.3, -0.25) is 0 Å². The SMILES string of the molecule is Cc1cccc(CN2CCN(C3CCN(C(=O)Nc4ccc(Cl)cc4)CC3)C2=O)c1. The minimum atomic E-state index is -0.107. The molecule has 1 N–H and O–H groups in total. The lowest BCUT2D eigenvalue weighted by atomic mass is 10.0. The Morgan fingerprint density at radius 2 is 1.80 bits per heavy atom. The Labute approximate surface area is 182 Å². The van der Waals surface area contributed by atoms with E-state index in [4.69, 9.17) is 11.6 Å². The van der Waals surface area contributed by atoms with Crippen LogP contribution in [0.5, 0.6) is 0 Å². The van der Waals surface area contributed by atoms with Gasteiger partial charge in [-0.15, -0.1) is 0 Å². The molecule has 30 heavy (non-hydrogen) atoms. The molecule has 0 spiro atoms. The third-order valence-electron chi connectivity index (χ3n) is 5.87. The fraction of sp³-hybridized carbons (Fsp3) is 0.391. The Balaban J connectivity index is 1.28. The number of benzene rings is 2. The van der Waals surface area contributed by atoms with E-state index < -0.39 is 0 Å². The Kier molecular flexibility index (Phi) is 6.13. The van der Waals surface area contributed by atoms with Crippen molar-refractivity contribution < 1.29 is 9.59 Å². The first-order valence-corrected chi connectivity index (χ1v) is 10.8. The molecule has 0 atom stereocenters. The molecule has 0 radical (unpaired) electrons. The number of carbonyl (C=O) groups excluding carboxylic acids is 2.